The third kappa shape index (κ3) is 5.31. The van der Waals surface area contributed by atoms with Crippen molar-refractivity contribution < 1.29 is 4.79 Å². The van der Waals surface area contributed by atoms with E-state index in [0.29, 0.717) is 5.75 Å². The molecular weight excluding hydrogens is 316 g/mol. The van der Waals surface area contributed by atoms with Crippen molar-refractivity contribution in [1.82, 2.24) is 0 Å². The van der Waals surface area contributed by atoms with E-state index in [9.17, 15) is 4.79 Å². The maximum atomic E-state index is 12.1. The first-order valence-electron chi connectivity index (χ1n) is 8.06. The first kappa shape index (κ1) is 18.4. The molecule has 3 nitrogen and oxygen atoms in total. The summed E-state index contributed by atoms with van der Waals surface area (Å²) >= 11 is 1.55. The third-order valence-corrected chi connectivity index (χ3v) is 4.77. The molecule has 0 aliphatic rings. The van der Waals surface area contributed by atoms with Crippen LogP contribution >= 0.6 is 11.8 Å². The summed E-state index contributed by atoms with van der Waals surface area (Å²) in [7, 11) is 3.99. The van der Waals surface area contributed by atoms with E-state index in [4.69, 9.17) is 0 Å². The van der Waals surface area contributed by atoms with Crippen LogP contribution in [0.1, 0.15) is 26.3 Å². The number of carbonyl (C=O) groups excluding carboxylic acids is 1. The lowest BCUT2D eigenvalue weighted by Gasteiger charge is -2.19. The highest BCUT2D eigenvalue weighted by Gasteiger charge is 2.13. The van der Waals surface area contributed by atoms with Crippen molar-refractivity contribution in [2.24, 2.45) is 0 Å². The molecule has 1 amide bonds. The molecule has 2 aromatic carbocycles. The fraction of sp³-hybridized carbons (Fsp3) is 0.350. The lowest BCUT2D eigenvalue weighted by atomic mass is 9.87. The van der Waals surface area contributed by atoms with E-state index in [1.807, 2.05) is 43.3 Å². The van der Waals surface area contributed by atoms with Crippen molar-refractivity contribution in [3.05, 3.63) is 54.1 Å². The molecule has 0 radical (unpaired) electrons. The van der Waals surface area contributed by atoms with Crippen LogP contribution in [-0.2, 0) is 10.2 Å². The van der Waals surface area contributed by atoms with Crippen LogP contribution in [0, 0.1) is 0 Å². The van der Waals surface area contributed by atoms with E-state index >= 15 is 0 Å². The molecule has 2 rings (SSSR count). The van der Waals surface area contributed by atoms with Crippen molar-refractivity contribution >= 4 is 29.0 Å². The molecule has 0 heterocycles. The molecule has 0 atom stereocenters. The van der Waals surface area contributed by atoms with Gasteiger partial charge in [0.15, 0.2) is 0 Å². The predicted molar refractivity (Wildman–Crippen MR) is 105 cm³/mol. The Morgan fingerprint density at radius 2 is 1.58 bits per heavy atom. The second-order valence-electron chi connectivity index (χ2n) is 7.05. The number of benzene rings is 2. The Hall–Kier alpha value is -1.94. The van der Waals surface area contributed by atoms with Gasteiger partial charge in [0.05, 0.1) is 5.75 Å². The number of nitrogens with zero attached hydrogens (tertiary/aromatic N) is 1. The molecule has 2 aromatic rings. The number of anilines is 2. The Labute approximate surface area is 149 Å². The molecule has 0 aliphatic heterocycles. The van der Waals surface area contributed by atoms with E-state index in [-0.39, 0.29) is 11.3 Å². The summed E-state index contributed by atoms with van der Waals surface area (Å²) in [5.41, 5.74) is 3.40. The minimum atomic E-state index is 0.0116. The molecule has 0 saturated carbocycles. The smallest absolute Gasteiger partial charge is 0.234 e. The molecule has 0 spiro atoms. The maximum Gasteiger partial charge on any atom is 0.234 e. The summed E-state index contributed by atoms with van der Waals surface area (Å²) in [4.78, 5) is 15.2. The summed E-state index contributed by atoms with van der Waals surface area (Å²) in [5.74, 6) is 0.419. The highest BCUT2D eigenvalue weighted by molar-refractivity contribution is 8.00. The van der Waals surface area contributed by atoms with Crippen molar-refractivity contribution in [2.45, 2.75) is 31.1 Å². The average Bonchev–Trinajstić information content (AvgIpc) is 2.53. The quantitative estimate of drug-likeness (QED) is 0.794. The molecule has 24 heavy (non-hydrogen) atoms. The van der Waals surface area contributed by atoms with Gasteiger partial charge in [0.25, 0.3) is 0 Å². The third-order valence-electron chi connectivity index (χ3n) is 3.76. The highest BCUT2D eigenvalue weighted by Crippen LogP contribution is 2.25. The Kier molecular flexibility index (Phi) is 5.94. The van der Waals surface area contributed by atoms with Crippen molar-refractivity contribution in [3.8, 4) is 0 Å². The van der Waals surface area contributed by atoms with E-state index in [1.165, 1.54) is 5.56 Å². The number of hydrogen-bond acceptors (Lipinski definition) is 3. The van der Waals surface area contributed by atoms with E-state index < -0.39 is 0 Å². The average molecular weight is 343 g/mol. The molecule has 1 N–H and O–H groups in total. The van der Waals surface area contributed by atoms with Crippen LogP contribution in [0.5, 0.6) is 0 Å². The minimum Gasteiger partial charge on any atom is -0.378 e. The van der Waals surface area contributed by atoms with Gasteiger partial charge in [0.1, 0.15) is 0 Å². The molecule has 0 unspecified atom stereocenters. The molecule has 0 saturated heterocycles. The molecular formula is C20H26N2OS. The van der Waals surface area contributed by atoms with Crippen LogP contribution in [0.25, 0.3) is 0 Å². The number of hydrogen-bond donors (Lipinski definition) is 1. The van der Waals surface area contributed by atoms with Gasteiger partial charge < -0.3 is 10.2 Å². The van der Waals surface area contributed by atoms with Gasteiger partial charge in [-0.1, -0.05) is 32.9 Å². The fourth-order valence-electron chi connectivity index (χ4n) is 2.24. The number of rotatable bonds is 5. The number of nitrogens with one attached hydrogen (secondary N) is 1. The monoisotopic (exact) mass is 342 g/mol. The molecule has 0 bridgehead atoms. The van der Waals surface area contributed by atoms with Crippen LogP contribution in [0.2, 0.25) is 0 Å². The number of thioether (sulfide) groups is 1. The van der Waals surface area contributed by atoms with E-state index in [2.05, 4.69) is 50.4 Å². The minimum absolute atomic E-state index is 0.0116. The Bertz CT molecular complexity index is 670. The number of carbonyl (C=O) groups is 1. The summed E-state index contributed by atoms with van der Waals surface area (Å²) < 4.78 is 0. The largest absolute Gasteiger partial charge is 0.378 e. The SMILES string of the molecule is CN(C)c1ccc(NC(=O)CSc2ccc(C(C)(C)C)cc2)cc1. The van der Waals surface area contributed by atoms with Gasteiger partial charge in [-0.2, -0.15) is 0 Å². The predicted octanol–water partition coefficient (Wildman–Crippen LogP) is 4.78. The van der Waals surface area contributed by atoms with Gasteiger partial charge in [-0.15, -0.1) is 11.8 Å². The van der Waals surface area contributed by atoms with Gasteiger partial charge >= 0.3 is 0 Å². The Morgan fingerprint density at radius 1 is 1.00 bits per heavy atom. The van der Waals surface area contributed by atoms with Gasteiger partial charge in [-0.25, -0.2) is 0 Å². The summed E-state index contributed by atoms with van der Waals surface area (Å²) in [6.45, 7) is 6.60. The molecule has 0 aliphatic carbocycles. The Morgan fingerprint density at radius 3 is 2.08 bits per heavy atom. The molecule has 0 fully saturated rings. The van der Waals surface area contributed by atoms with Crippen LogP contribution in [0.15, 0.2) is 53.4 Å². The first-order valence-corrected chi connectivity index (χ1v) is 9.05. The first-order chi connectivity index (χ1) is 11.3. The summed E-state index contributed by atoms with van der Waals surface area (Å²) in [6, 6.07) is 16.3. The second kappa shape index (κ2) is 7.75. The maximum absolute atomic E-state index is 12.1. The highest BCUT2D eigenvalue weighted by atomic mass is 32.2. The molecule has 0 aromatic heterocycles. The van der Waals surface area contributed by atoms with Crippen molar-refractivity contribution in [3.63, 3.8) is 0 Å². The van der Waals surface area contributed by atoms with E-state index in [0.717, 1.165) is 16.3 Å². The van der Waals surface area contributed by atoms with Crippen molar-refractivity contribution in [2.75, 3.05) is 30.1 Å². The van der Waals surface area contributed by atoms with Gasteiger partial charge in [0, 0.05) is 30.4 Å². The van der Waals surface area contributed by atoms with Gasteiger partial charge in [0.2, 0.25) is 5.91 Å². The zero-order valence-electron chi connectivity index (χ0n) is 15.1. The number of amides is 1. The lowest BCUT2D eigenvalue weighted by Crippen LogP contribution is -2.14. The Balaban J connectivity index is 1.86. The topological polar surface area (TPSA) is 32.3 Å². The van der Waals surface area contributed by atoms with Crippen LogP contribution in [0.3, 0.4) is 0 Å². The van der Waals surface area contributed by atoms with Crippen LogP contribution in [-0.4, -0.2) is 25.8 Å². The molecule has 128 valence electrons. The van der Waals surface area contributed by atoms with Crippen molar-refractivity contribution in [1.29, 1.82) is 0 Å². The standard InChI is InChI=1S/C20H26N2OS/c1-20(2,3)15-6-12-18(13-7-15)24-14-19(23)21-16-8-10-17(11-9-16)22(4)5/h6-13H,14H2,1-5H3,(H,21,23). The van der Waals surface area contributed by atoms with Crippen LogP contribution in [0.4, 0.5) is 11.4 Å². The van der Waals surface area contributed by atoms with Gasteiger partial charge in [-0.05, 0) is 47.4 Å². The normalized spacial score (nSPS) is 11.2. The summed E-state index contributed by atoms with van der Waals surface area (Å²) in [5, 5.41) is 2.94. The van der Waals surface area contributed by atoms with Gasteiger partial charge in [-0.3, -0.25) is 4.79 Å². The summed E-state index contributed by atoms with van der Waals surface area (Å²) in [6.07, 6.45) is 0. The zero-order valence-corrected chi connectivity index (χ0v) is 15.9. The second-order valence-corrected chi connectivity index (χ2v) is 8.10. The zero-order chi connectivity index (χ0) is 17.7. The molecule has 4 heteroatoms. The van der Waals surface area contributed by atoms with E-state index in [1.54, 1.807) is 11.8 Å². The fourth-order valence-corrected chi connectivity index (χ4v) is 2.94. The van der Waals surface area contributed by atoms with Crippen LogP contribution < -0.4 is 10.2 Å². The lowest BCUT2D eigenvalue weighted by molar-refractivity contribution is -0.113.